The monoisotopic (exact) mass is 387 g/mol. The van der Waals surface area contributed by atoms with E-state index in [-0.39, 0.29) is 24.5 Å². The fourth-order valence-electron chi connectivity index (χ4n) is 2.48. The van der Waals surface area contributed by atoms with Gasteiger partial charge < -0.3 is 19.3 Å². The van der Waals surface area contributed by atoms with Crippen molar-refractivity contribution in [2.45, 2.75) is 13.0 Å². The summed E-state index contributed by atoms with van der Waals surface area (Å²) in [5.74, 6) is -0.156. The minimum absolute atomic E-state index is 0.0253. The Morgan fingerprint density at radius 3 is 2.89 bits per heavy atom. The van der Waals surface area contributed by atoms with Crippen molar-refractivity contribution in [3.8, 4) is 23.0 Å². The summed E-state index contributed by atoms with van der Waals surface area (Å²) in [6, 6.07) is 9.45. The summed E-state index contributed by atoms with van der Waals surface area (Å²) in [6.45, 7) is 1.91. The Morgan fingerprint density at radius 1 is 1.43 bits per heavy atom. The van der Waals surface area contributed by atoms with Crippen molar-refractivity contribution in [3.05, 3.63) is 52.1 Å². The van der Waals surface area contributed by atoms with E-state index < -0.39 is 28.4 Å². The first-order valence-electron chi connectivity index (χ1n) is 8.35. The average molecular weight is 387 g/mol. The van der Waals surface area contributed by atoms with Crippen molar-refractivity contribution in [2.24, 2.45) is 5.10 Å². The Bertz CT molecular complexity index is 929. The number of rotatable bonds is 6. The third kappa shape index (κ3) is 4.11. The van der Waals surface area contributed by atoms with Crippen LogP contribution < -0.4 is 19.6 Å². The minimum atomic E-state index is -0.889. The number of hydrogen-bond acceptors (Lipinski definition) is 8. The maximum atomic E-state index is 12.2. The van der Waals surface area contributed by atoms with Crippen LogP contribution in [0.5, 0.6) is 23.0 Å². The third-order valence-corrected chi connectivity index (χ3v) is 3.76. The predicted molar refractivity (Wildman–Crippen MR) is 98.0 cm³/mol. The van der Waals surface area contributed by atoms with Gasteiger partial charge in [-0.15, -0.1) is 0 Å². The summed E-state index contributed by atoms with van der Waals surface area (Å²) in [6.07, 6.45) is 0.310. The molecule has 1 heterocycles. The van der Waals surface area contributed by atoms with Gasteiger partial charge in [-0.05, 0) is 25.1 Å². The number of nitro benzene ring substituents is 1. The van der Waals surface area contributed by atoms with Crippen molar-refractivity contribution in [1.29, 1.82) is 0 Å². The van der Waals surface area contributed by atoms with Crippen LogP contribution >= 0.6 is 0 Å². The highest BCUT2D eigenvalue weighted by Gasteiger charge is 2.27. The van der Waals surface area contributed by atoms with E-state index in [0.717, 1.165) is 6.07 Å². The fraction of sp³-hybridized carbons (Fsp3) is 0.222. The molecule has 1 atom stereocenters. The molecule has 0 fully saturated rings. The number of hydrazone groups is 1. The molecule has 2 N–H and O–H groups in total. The zero-order valence-corrected chi connectivity index (χ0v) is 14.8. The zero-order chi connectivity index (χ0) is 20.1. The largest absolute Gasteiger partial charge is 0.500 e. The first-order chi connectivity index (χ1) is 13.5. The van der Waals surface area contributed by atoms with E-state index in [1.807, 2.05) is 0 Å². The van der Waals surface area contributed by atoms with Crippen molar-refractivity contribution >= 4 is 17.8 Å². The molecule has 0 aromatic heterocycles. The number of phenolic OH excluding ortho intramolecular Hbond substituents is 1. The molecule has 1 amide bonds. The number of aromatic hydroxyl groups is 1. The highest BCUT2D eigenvalue weighted by atomic mass is 16.6. The number of benzene rings is 2. The predicted octanol–water partition coefficient (Wildman–Crippen LogP) is 1.99. The smallest absolute Gasteiger partial charge is 0.315 e. The van der Waals surface area contributed by atoms with Crippen molar-refractivity contribution in [3.63, 3.8) is 0 Å². The number of hydrogen-bond donors (Lipinski definition) is 2. The van der Waals surface area contributed by atoms with Gasteiger partial charge in [-0.2, -0.15) is 5.10 Å². The minimum Gasteiger partial charge on any atom is -0.500 e. The number of amides is 1. The van der Waals surface area contributed by atoms with Crippen LogP contribution in [0.1, 0.15) is 12.5 Å². The highest BCUT2D eigenvalue weighted by molar-refractivity contribution is 5.86. The Kier molecular flexibility index (Phi) is 5.58. The summed E-state index contributed by atoms with van der Waals surface area (Å²) in [4.78, 5) is 22.5. The second-order valence-corrected chi connectivity index (χ2v) is 5.68. The number of phenols is 1. The van der Waals surface area contributed by atoms with Gasteiger partial charge in [0, 0.05) is 11.6 Å². The van der Waals surface area contributed by atoms with Gasteiger partial charge in [0.05, 0.1) is 17.7 Å². The number of nitrogens with zero attached hydrogens (tertiary/aromatic N) is 2. The Labute approximate surface area is 159 Å². The van der Waals surface area contributed by atoms with Gasteiger partial charge in [-0.25, -0.2) is 5.43 Å². The summed E-state index contributed by atoms with van der Waals surface area (Å²) >= 11 is 0. The number of para-hydroxylation sites is 2. The van der Waals surface area contributed by atoms with Crippen molar-refractivity contribution in [1.82, 2.24) is 5.43 Å². The SMILES string of the molecule is CCOc1cc(/C=N\NC(=O)[C@@H]2COc3ccccc3O2)cc([N+](=O)[O-])c1O. The molecular weight excluding hydrogens is 370 g/mol. The number of fused-ring (bicyclic) bond motifs is 1. The molecule has 0 saturated heterocycles. The van der Waals surface area contributed by atoms with E-state index in [2.05, 4.69) is 10.5 Å². The van der Waals surface area contributed by atoms with E-state index in [0.29, 0.717) is 11.5 Å². The number of carbonyl (C=O) groups excluding carboxylic acids is 1. The van der Waals surface area contributed by atoms with Gasteiger partial charge in [-0.3, -0.25) is 14.9 Å². The molecule has 10 heteroatoms. The van der Waals surface area contributed by atoms with Crippen LogP contribution in [-0.4, -0.2) is 41.5 Å². The molecule has 0 unspecified atom stereocenters. The standard InChI is InChI=1S/C18H17N3O7/c1-2-26-15-8-11(7-12(17(15)22)21(24)25)9-19-20-18(23)16-10-27-13-5-3-4-6-14(13)28-16/h3-9,16,22H,2,10H2,1H3,(H,20,23)/b19-9-/t16-/m0/s1. The molecule has 3 rings (SSSR count). The second kappa shape index (κ2) is 8.25. The van der Waals surface area contributed by atoms with E-state index in [1.54, 1.807) is 31.2 Å². The quantitative estimate of drug-likeness (QED) is 0.440. The number of nitro groups is 1. The number of carbonyl (C=O) groups is 1. The Balaban J connectivity index is 1.69. The third-order valence-electron chi connectivity index (χ3n) is 3.76. The number of ether oxygens (including phenoxy) is 3. The Morgan fingerprint density at radius 2 is 2.18 bits per heavy atom. The van der Waals surface area contributed by atoms with Crippen LogP contribution in [0, 0.1) is 10.1 Å². The summed E-state index contributed by atoms with van der Waals surface area (Å²) in [7, 11) is 0. The lowest BCUT2D eigenvalue weighted by atomic mass is 10.2. The lowest BCUT2D eigenvalue weighted by molar-refractivity contribution is -0.386. The lowest BCUT2D eigenvalue weighted by Crippen LogP contribution is -2.42. The number of nitrogens with one attached hydrogen (secondary N) is 1. The van der Waals surface area contributed by atoms with Gasteiger partial charge in [0.1, 0.15) is 6.61 Å². The van der Waals surface area contributed by atoms with E-state index in [9.17, 15) is 20.0 Å². The van der Waals surface area contributed by atoms with Crippen LogP contribution in [-0.2, 0) is 4.79 Å². The molecular formula is C18H17N3O7. The molecule has 0 aliphatic carbocycles. The van der Waals surface area contributed by atoms with Gasteiger partial charge >= 0.3 is 5.69 Å². The average Bonchev–Trinajstić information content (AvgIpc) is 2.69. The van der Waals surface area contributed by atoms with Crippen LogP contribution in [0.3, 0.4) is 0 Å². The molecule has 2 aromatic rings. The van der Waals surface area contributed by atoms with E-state index in [4.69, 9.17) is 14.2 Å². The first kappa shape index (κ1) is 19.0. The van der Waals surface area contributed by atoms with Crippen molar-refractivity contribution < 1.29 is 29.0 Å². The maximum Gasteiger partial charge on any atom is 0.315 e. The highest BCUT2D eigenvalue weighted by Crippen LogP contribution is 2.36. The topological polar surface area (TPSA) is 133 Å². The molecule has 10 nitrogen and oxygen atoms in total. The van der Waals surface area contributed by atoms with Gasteiger partial charge in [0.2, 0.25) is 11.9 Å². The molecule has 1 aliphatic rings. The Hall–Kier alpha value is -3.82. The van der Waals surface area contributed by atoms with Gasteiger partial charge in [-0.1, -0.05) is 12.1 Å². The molecule has 28 heavy (non-hydrogen) atoms. The molecule has 1 aliphatic heterocycles. The lowest BCUT2D eigenvalue weighted by Gasteiger charge is -2.24. The molecule has 0 saturated carbocycles. The maximum absolute atomic E-state index is 12.2. The molecule has 0 bridgehead atoms. The van der Waals surface area contributed by atoms with Gasteiger partial charge in [0.25, 0.3) is 5.91 Å². The van der Waals surface area contributed by atoms with Crippen molar-refractivity contribution in [2.75, 3.05) is 13.2 Å². The summed E-state index contributed by atoms with van der Waals surface area (Å²) in [5, 5.41) is 24.7. The zero-order valence-electron chi connectivity index (χ0n) is 14.8. The summed E-state index contributed by atoms with van der Waals surface area (Å²) in [5.41, 5.74) is 2.03. The second-order valence-electron chi connectivity index (χ2n) is 5.68. The summed E-state index contributed by atoms with van der Waals surface area (Å²) < 4.78 is 16.2. The molecule has 146 valence electrons. The molecule has 0 spiro atoms. The van der Waals surface area contributed by atoms with Gasteiger partial charge in [0.15, 0.2) is 17.2 Å². The first-order valence-corrected chi connectivity index (χ1v) is 8.35. The van der Waals surface area contributed by atoms with E-state index >= 15 is 0 Å². The van der Waals surface area contributed by atoms with E-state index in [1.165, 1.54) is 12.3 Å². The van der Waals surface area contributed by atoms with Crippen LogP contribution in [0.25, 0.3) is 0 Å². The fourth-order valence-corrected chi connectivity index (χ4v) is 2.48. The van der Waals surface area contributed by atoms with Crippen LogP contribution in [0.4, 0.5) is 5.69 Å². The molecule has 2 aromatic carbocycles. The normalized spacial score (nSPS) is 15.2. The van der Waals surface area contributed by atoms with Crippen LogP contribution in [0.2, 0.25) is 0 Å². The van der Waals surface area contributed by atoms with Crippen LogP contribution in [0.15, 0.2) is 41.5 Å². The molecule has 0 radical (unpaired) electrons.